The molecule has 0 unspecified atom stereocenters. The van der Waals surface area contributed by atoms with Crippen LogP contribution in [0.1, 0.15) is 38.5 Å². The van der Waals surface area contributed by atoms with E-state index in [1.54, 1.807) is 4.90 Å². The van der Waals surface area contributed by atoms with Gasteiger partial charge in [-0.25, -0.2) is 0 Å². The molecule has 1 saturated heterocycles. The molecular weight excluding hydrogens is 232 g/mol. The highest BCUT2D eigenvalue weighted by Crippen LogP contribution is 2.37. The van der Waals surface area contributed by atoms with Crippen molar-refractivity contribution in [1.29, 1.82) is 0 Å². The van der Waals surface area contributed by atoms with E-state index in [0.29, 0.717) is 19.6 Å². The minimum Gasteiger partial charge on any atom is -0.481 e. The Kier molecular flexibility index (Phi) is 3.90. The maximum atomic E-state index is 12.5. The van der Waals surface area contributed by atoms with Crippen LogP contribution in [0.25, 0.3) is 0 Å². The van der Waals surface area contributed by atoms with Crippen LogP contribution in [0.5, 0.6) is 0 Å². The molecular formula is C13H22N2O3. The number of nitrogens with zero attached hydrogens (tertiary/aromatic N) is 1. The van der Waals surface area contributed by atoms with Crippen LogP contribution in [0.2, 0.25) is 0 Å². The summed E-state index contributed by atoms with van der Waals surface area (Å²) in [4.78, 5) is 25.0. The van der Waals surface area contributed by atoms with Gasteiger partial charge in [0.05, 0.1) is 11.3 Å². The van der Waals surface area contributed by atoms with Gasteiger partial charge in [-0.05, 0) is 12.8 Å². The second-order valence-electron chi connectivity index (χ2n) is 5.64. The maximum absolute atomic E-state index is 12.5. The largest absolute Gasteiger partial charge is 0.481 e. The molecule has 3 N–H and O–H groups in total. The van der Waals surface area contributed by atoms with Gasteiger partial charge in [0.1, 0.15) is 0 Å². The van der Waals surface area contributed by atoms with Gasteiger partial charge >= 0.3 is 5.97 Å². The van der Waals surface area contributed by atoms with E-state index < -0.39 is 11.4 Å². The topological polar surface area (TPSA) is 83.6 Å². The van der Waals surface area contributed by atoms with Crippen molar-refractivity contribution >= 4 is 11.9 Å². The molecule has 2 fully saturated rings. The van der Waals surface area contributed by atoms with E-state index in [1.807, 2.05) is 0 Å². The highest BCUT2D eigenvalue weighted by Gasteiger charge is 2.45. The zero-order chi connectivity index (χ0) is 13.2. The summed E-state index contributed by atoms with van der Waals surface area (Å²) in [6.45, 7) is 1.10. The van der Waals surface area contributed by atoms with Crippen molar-refractivity contribution in [3.63, 3.8) is 0 Å². The lowest BCUT2D eigenvalue weighted by atomic mass is 9.77. The Hall–Kier alpha value is -1.10. The molecule has 18 heavy (non-hydrogen) atoms. The number of carbonyl (C=O) groups excluding carboxylic acids is 1. The van der Waals surface area contributed by atoms with Crippen molar-refractivity contribution in [1.82, 2.24) is 4.90 Å². The highest BCUT2D eigenvalue weighted by molar-refractivity contribution is 5.86. The average molecular weight is 254 g/mol. The fourth-order valence-electron chi connectivity index (χ4n) is 3.05. The van der Waals surface area contributed by atoms with Crippen LogP contribution in [0.3, 0.4) is 0 Å². The number of carbonyl (C=O) groups is 2. The third kappa shape index (κ3) is 2.36. The van der Waals surface area contributed by atoms with Gasteiger partial charge in [-0.2, -0.15) is 0 Å². The first kappa shape index (κ1) is 13.3. The van der Waals surface area contributed by atoms with Crippen molar-refractivity contribution in [3.05, 3.63) is 0 Å². The zero-order valence-electron chi connectivity index (χ0n) is 10.7. The van der Waals surface area contributed by atoms with Crippen molar-refractivity contribution in [2.45, 2.75) is 38.5 Å². The molecule has 0 aromatic carbocycles. The first-order valence-electron chi connectivity index (χ1n) is 6.81. The van der Waals surface area contributed by atoms with E-state index in [4.69, 9.17) is 10.8 Å². The standard InChI is InChI=1S/C13H22N2O3/c14-9-13(5-3-1-2-4-6-13)12(18)15-7-10(8-15)11(16)17/h10H,1-9,14H2,(H,16,17). The van der Waals surface area contributed by atoms with Crippen molar-refractivity contribution < 1.29 is 14.7 Å². The van der Waals surface area contributed by atoms with E-state index in [9.17, 15) is 9.59 Å². The fraction of sp³-hybridized carbons (Fsp3) is 0.846. The lowest BCUT2D eigenvalue weighted by Gasteiger charge is -2.43. The van der Waals surface area contributed by atoms with Gasteiger partial charge in [0.25, 0.3) is 0 Å². The monoisotopic (exact) mass is 254 g/mol. The Morgan fingerprint density at radius 2 is 1.72 bits per heavy atom. The number of rotatable bonds is 3. The van der Waals surface area contributed by atoms with Crippen LogP contribution in [0.15, 0.2) is 0 Å². The number of carboxylic acids is 1. The minimum absolute atomic E-state index is 0.0874. The third-order valence-electron chi connectivity index (χ3n) is 4.42. The summed E-state index contributed by atoms with van der Waals surface area (Å²) in [6, 6.07) is 0. The van der Waals surface area contributed by atoms with Gasteiger partial charge < -0.3 is 15.7 Å². The second-order valence-corrected chi connectivity index (χ2v) is 5.64. The highest BCUT2D eigenvalue weighted by atomic mass is 16.4. The molecule has 2 aliphatic rings. The summed E-state index contributed by atoms with van der Waals surface area (Å²) in [6.07, 6.45) is 6.17. The van der Waals surface area contributed by atoms with E-state index in [2.05, 4.69) is 0 Å². The Labute approximate surface area is 107 Å². The predicted octanol–water partition coefficient (Wildman–Crippen LogP) is 0.829. The number of hydrogen-bond donors (Lipinski definition) is 2. The van der Waals surface area contributed by atoms with Crippen LogP contribution >= 0.6 is 0 Å². The smallest absolute Gasteiger partial charge is 0.310 e. The Morgan fingerprint density at radius 1 is 1.17 bits per heavy atom. The van der Waals surface area contributed by atoms with E-state index in [1.165, 1.54) is 12.8 Å². The molecule has 0 bridgehead atoms. The average Bonchev–Trinajstić information content (AvgIpc) is 2.52. The Morgan fingerprint density at radius 3 is 2.17 bits per heavy atom. The predicted molar refractivity (Wildman–Crippen MR) is 66.9 cm³/mol. The summed E-state index contributed by atoms with van der Waals surface area (Å²) in [5.74, 6) is -1.10. The number of nitrogens with two attached hydrogens (primary N) is 1. The van der Waals surface area contributed by atoms with Crippen molar-refractivity contribution in [2.24, 2.45) is 17.1 Å². The summed E-state index contributed by atoms with van der Waals surface area (Å²) >= 11 is 0. The molecule has 0 aromatic rings. The molecule has 5 nitrogen and oxygen atoms in total. The first-order valence-corrected chi connectivity index (χ1v) is 6.81. The number of hydrogen-bond acceptors (Lipinski definition) is 3. The molecule has 1 saturated carbocycles. The number of aliphatic carboxylic acids is 1. The van der Waals surface area contributed by atoms with Crippen LogP contribution in [0.4, 0.5) is 0 Å². The zero-order valence-corrected chi connectivity index (χ0v) is 10.7. The molecule has 1 heterocycles. The molecule has 0 radical (unpaired) electrons. The molecule has 1 aliphatic carbocycles. The van der Waals surface area contributed by atoms with E-state index >= 15 is 0 Å². The summed E-state index contributed by atoms with van der Waals surface area (Å²) in [5, 5.41) is 8.85. The maximum Gasteiger partial charge on any atom is 0.310 e. The van der Waals surface area contributed by atoms with Gasteiger partial charge in [-0.3, -0.25) is 9.59 Å². The normalized spacial score (nSPS) is 24.2. The van der Waals surface area contributed by atoms with E-state index in [-0.39, 0.29) is 11.8 Å². The number of likely N-dealkylation sites (tertiary alicyclic amines) is 1. The molecule has 102 valence electrons. The molecule has 2 rings (SSSR count). The van der Waals surface area contributed by atoms with Crippen molar-refractivity contribution in [3.8, 4) is 0 Å². The third-order valence-corrected chi connectivity index (χ3v) is 4.42. The molecule has 0 spiro atoms. The second kappa shape index (κ2) is 5.26. The SMILES string of the molecule is NCC1(C(=O)N2CC(C(=O)O)C2)CCCCCC1. The summed E-state index contributed by atoms with van der Waals surface area (Å²) in [5.41, 5.74) is 5.44. The quantitative estimate of drug-likeness (QED) is 0.731. The van der Waals surface area contributed by atoms with Gasteiger partial charge in [0.2, 0.25) is 5.91 Å². The first-order chi connectivity index (χ1) is 8.59. The number of amides is 1. The van der Waals surface area contributed by atoms with Gasteiger partial charge in [0, 0.05) is 19.6 Å². The minimum atomic E-state index is -0.804. The van der Waals surface area contributed by atoms with Crippen LogP contribution in [-0.2, 0) is 9.59 Å². The van der Waals surface area contributed by atoms with Gasteiger partial charge in [0.15, 0.2) is 0 Å². The summed E-state index contributed by atoms with van der Waals surface area (Å²) < 4.78 is 0. The molecule has 1 aliphatic heterocycles. The summed E-state index contributed by atoms with van der Waals surface area (Å²) in [7, 11) is 0. The van der Waals surface area contributed by atoms with Crippen LogP contribution in [-0.4, -0.2) is 41.5 Å². The molecule has 1 amide bonds. The fourth-order valence-corrected chi connectivity index (χ4v) is 3.05. The Bertz CT molecular complexity index is 329. The lowest BCUT2D eigenvalue weighted by molar-refractivity contribution is -0.158. The van der Waals surface area contributed by atoms with Crippen LogP contribution < -0.4 is 5.73 Å². The van der Waals surface area contributed by atoms with Gasteiger partial charge in [-0.1, -0.05) is 25.7 Å². The number of carboxylic acid groups (broad SMARTS) is 1. The van der Waals surface area contributed by atoms with Crippen molar-refractivity contribution in [2.75, 3.05) is 19.6 Å². The molecule has 0 atom stereocenters. The lowest BCUT2D eigenvalue weighted by Crippen LogP contribution is -2.58. The Balaban J connectivity index is 1.99. The molecule has 5 heteroatoms. The van der Waals surface area contributed by atoms with E-state index in [0.717, 1.165) is 25.7 Å². The molecule has 0 aromatic heterocycles. The van der Waals surface area contributed by atoms with Gasteiger partial charge in [-0.15, -0.1) is 0 Å². The van der Waals surface area contributed by atoms with Crippen LogP contribution in [0, 0.1) is 11.3 Å².